The van der Waals surface area contributed by atoms with Crippen LogP contribution in [0.15, 0.2) is 57.8 Å². The van der Waals surface area contributed by atoms with E-state index in [1.165, 1.54) is 6.26 Å². The van der Waals surface area contributed by atoms with E-state index in [1.54, 1.807) is 24.4 Å². The van der Waals surface area contributed by atoms with E-state index in [4.69, 9.17) is 8.94 Å². The highest BCUT2D eigenvalue weighted by atomic mass is 16.5. The molecule has 0 radical (unpaired) electrons. The summed E-state index contributed by atoms with van der Waals surface area (Å²) in [6.07, 6.45) is 3.92. The van der Waals surface area contributed by atoms with Gasteiger partial charge in [-0.25, -0.2) is 9.67 Å². The molecule has 0 bridgehead atoms. The van der Waals surface area contributed by atoms with E-state index in [-0.39, 0.29) is 11.6 Å². The number of aryl methyl sites for hydroxylation is 1. The van der Waals surface area contributed by atoms with Crippen molar-refractivity contribution in [2.24, 2.45) is 0 Å². The standard InChI is InChI=1S/C20H19N5O3/c1-13-15(14(2)25(23-13)19-7-3-4-9-21-19)8-10-22-20(26)16-12-18(28-24-16)17-6-5-11-27-17/h3-7,9,11-12H,8,10H2,1-2H3,(H,22,26). The summed E-state index contributed by atoms with van der Waals surface area (Å²) < 4.78 is 12.2. The number of aromatic nitrogens is 4. The van der Waals surface area contributed by atoms with Crippen molar-refractivity contribution >= 4 is 5.91 Å². The molecule has 1 amide bonds. The van der Waals surface area contributed by atoms with Crippen LogP contribution in [-0.4, -0.2) is 32.4 Å². The number of rotatable bonds is 6. The molecule has 4 rings (SSSR count). The number of nitrogens with zero attached hydrogens (tertiary/aromatic N) is 4. The number of amides is 1. The fourth-order valence-electron chi connectivity index (χ4n) is 3.05. The van der Waals surface area contributed by atoms with E-state index in [1.807, 2.05) is 36.7 Å². The molecule has 1 N–H and O–H groups in total. The van der Waals surface area contributed by atoms with Gasteiger partial charge in [-0.15, -0.1) is 0 Å². The molecule has 0 aliphatic rings. The molecule has 0 saturated heterocycles. The first-order valence-corrected chi connectivity index (χ1v) is 8.89. The van der Waals surface area contributed by atoms with Crippen molar-refractivity contribution in [1.82, 2.24) is 25.2 Å². The van der Waals surface area contributed by atoms with E-state index in [2.05, 4.69) is 20.6 Å². The van der Waals surface area contributed by atoms with Gasteiger partial charge in [0, 0.05) is 24.5 Å². The van der Waals surface area contributed by atoms with Crippen LogP contribution in [0.1, 0.15) is 27.4 Å². The van der Waals surface area contributed by atoms with Crippen molar-refractivity contribution in [3.8, 4) is 17.3 Å². The minimum atomic E-state index is -0.297. The van der Waals surface area contributed by atoms with Gasteiger partial charge in [0.1, 0.15) is 0 Å². The van der Waals surface area contributed by atoms with Gasteiger partial charge in [0.2, 0.25) is 5.76 Å². The third-order valence-electron chi connectivity index (χ3n) is 4.47. The van der Waals surface area contributed by atoms with Crippen LogP contribution in [0.5, 0.6) is 0 Å². The molecule has 0 fully saturated rings. The lowest BCUT2D eigenvalue weighted by molar-refractivity contribution is 0.0945. The normalized spacial score (nSPS) is 10.9. The summed E-state index contributed by atoms with van der Waals surface area (Å²) in [5.41, 5.74) is 3.22. The van der Waals surface area contributed by atoms with Crippen molar-refractivity contribution in [3.63, 3.8) is 0 Å². The van der Waals surface area contributed by atoms with E-state index >= 15 is 0 Å². The van der Waals surface area contributed by atoms with Gasteiger partial charge in [0.05, 0.1) is 12.0 Å². The molecule has 4 heterocycles. The highest BCUT2D eigenvalue weighted by molar-refractivity contribution is 5.92. The summed E-state index contributed by atoms with van der Waals surface area (Å²) in [5, 5.41) is 11.2. The quantitative estimate of drug-likeness (QED) is 0.554. The smallest absolute Gasteiger partial charge is 0.273 e. The summed E-state index contributed by atoms with van der Waals surface area (Å²) in [5.74, 6) is 1.42. The minimum absolute atomic E-state index is 0.212. The van der Waals surface area contributed by atoms with Gasteiger partial charge in [0.25, 0.3) is 5.91 Å². The zero-order chi connectivity index (χ0) is 19.5. The maximum absolute atomic E-state index is 12.3. The molecule has 8 heteroatoms. The van der Waals surface area contributed by atoms with Gasteiger partial charge < -0.3 is 14.3 Å². The van der Waals surface area contributed by atoms with Crippen LogP contribution < -0.4 is 5.32 Å². The van der Waals surface area contributed by atoms with Crippen LogP contribution in [-0.2, 0) is 6.42 Å². The first-order chi connectivity index (χ1) is 13.6. The predicted molar refractivity (Wildman–Crippen MR) is 101 cm³/mol. The minimum Gasteiger partial charge on any atom is -0.461 e. The summed E-state index contributed by atoms with van der Waals surface area (Å²) in [4.78, 5) is 16.7. The van der Waals surface area contributed by atoms with E-state index in [0.29, 0.717) is 24.5 Å². The van der Waals surface area contributed by atoms with Crippen molar-refractivity contribution in [3.05, 3.63) is 71.5 Å². The van der Waals surface area contributed by atoms with Gasteiger partial charge in [-0.1, -0.05) is 11.2 Å². The van der Waals surface area contributed by atoms with Crippen LogP contribution in [0.3, 0.4) is 0 Å². The Labute approximate surface area is 161 Å². The van der Waals surface area contributed by atoms with Crippen molar-refractivity contribution in [1.29, 1.82) is 0 Å². The Bertz CT molecular complexity index is 1080. The van der Waals surface area contributed by atoms with Crippen molar-refractivity contribution in [2.45, 2.75) is 20.3 Å². The molecule has 142 valence electrons. The average Bonchev–Trinajstić information content (AvgIpc) is 3.45. The summed E-state index contributed by atoms with van der Waals surface area (Å²) in [7, 11) is 0. The zero-order valence-electron chi connectivity index (χ0n) is 15.5. The third kappa shape index (κ3) is 3.44. The topological polar surface area (TPSA) is 99.0 Å². The maximum Gasteiger partial charge on any atom is 0.273 e. The number of carbonyl (C=O) groups is 1. The van der Waals surface area contributed by atoms with Gasteiger partial charge in [-0.2, -0.15) is 5.10 Å². The second-order valence-corrected chi connectivity index (χ2v) is 6.31. The Hall–Kier alpha value is -3.68. The number of pyridine rings is 1. The van der Waals surface area contributed by atoms with Gasteiger partial charge in [-0.3, -0.25) is 4.79 Å². The van der Waals surface area contributed by atoms with Crippen molar-refractivity contribution in [2.75, 3.05) is 6.54 Å². The first kappa shape index (κ1) is 17.7. The Morgan fingerprint density at radius 2 is 2.07 bits per heavy atom. The molecular formula is C20H19N5O3. The third-order valence-corrected chi connectivity index (χ3v) is 4.47. The van der Waals surface area contributed by atoms with Crippen LogP contribution in [0.2, 0.25) is 0 Å². The number of carbonyl (C=O) groups excluding carboxylic acids is 1. The number of hydrogen-bond donors (Lipinski definition) is 1. The largest absolute Gasteiger partial charge is 0.461 e. The molecule has 0 unspecified atom stereocenters. The summed E-state index contributed by atoms with van der Waals surface area (Å²) >= 11 is 0. The highest BCUT2D eigenvalue weighted by Gasteiger charge is 2.16. The van der Waals surface area contributed by atoms with Crippen molar-refractivity contribution < 1.29 is 13.7 Å². The van der Waals surface area contributed by atoms with Crippen LogP contribution in [0.4, 0.5) is 0 Å². The average molecular weight is 377 g/mol. The van der Waals surface area contributed by atoms with Crippen LogP contribution in [0.25, 0.3) is 17.3 Å². The lowest BCUT2D eigenvalue weighted by Gasteiger charge is -2.05. The Kier molecular flexibility index (Phi) is 4.76. The SMILES string of the molecule is Cc1nn(-c2ccccn2)c(C)c1CCNC(=O)c1cc(-c2ccco2)on1. The fraction of sp³-hybridized carbons (Fsp3) is 0.200. The molecule has 0 atom stereocenters. The zero-order valence-corrected chi connectivity index (χ0v) is 15.5. The number of furan rings is 1. The Balaban J connectivity index is 1.40. The molecule has 4 aromatic rings. The van der Waals surface area contributed by atoms with Gasteiger partial charge in [0.15, 0.2) is 17.3 Å². The highest BCUT2D eigenvalue weighted by Crippen LogP contribution is 2.20. The number of hydrogen-bond acceptors (Lipinski definition) is 6. The lowest BCUT2D eigenvalue weighted by atomic mass is 10.1. The maximum atomic E-state index is 12.3. The second-order valence-electron chi connectivity index (χ2n) is 6.31. The lowest BCUT2D eigenvalue weighted by Crippen LogP contribution is -2.26. The molecule has 0 saturated carbocycles. The first-order valence-electron chi connectivity index (χ1n) is 8.89. The van der Waals surface area contributed by atoms with Gasteiger partial charge >= 0.3 is 0 Å². The molecule has 0 aliphatic heterocycles. The molecule has 0 spiro atoms. The van der Waals surface area contributed by atoms with Gasteiger partial charge in [-0.05, 0) is 50.1 Å². The van der Waals surface area contributed by atoms with E-state index in [0.717, 1.165) is 22.8 Å². The molecule has 4 aromatic heterocycles. The molecule has 0 aromatic carbocycles. The fourth-order valence-corrected chi connectivity index (χ4v) is 3.05. The number of nitrogens with one attached hydrogen (secondary N) is 1. The summed E-state index contributed by atoms with van der Waals surface area (Å²) in [6.45, 7) is 4.41. The molecule has 0 aliphatic carbocycles. The summed E-state index contributed by atoms with van der Waals surface area (Å²) in [6, 6.07) is 10.7. The van der Waals surface area contributed by atoms with Crippen LogP contribution >= 0.6 is 0 Å². The predicted octanol–water partition coefficient (Wildman–Crippen LogP) is 3.10. The molecule has 8 nitrogen and oxygen atoms in total. The Morgan fingerprint density at radius 3 is 2.82 bits per heavy atom. The van der Waals surface area contributed by atoms with E-state index in [9.17, 15) is 4.79 Å². The van der Waals surface area contributed by atoms with Crippen LogP contribution in [0, 0.1) is 13.8 Å². The second kappa shape index (κ2) is 7.51. The van der Waals surface area contributed by atoms with E-state index < -0.39 is 0 Å². The molecule has 28 heavy (non-hydrogen) atoms. The molecular weight excluding hydrogens is 358 g/mol. The Morgan fingerprint density at radius 1 is 1.18 bits per heavy atom. The monoisotopic (exact) mass is 377 g/mol.